The predicted molar refractivity (Wildman–Crippen MR) is 123 cm³/mol. The van der Waals surface area contributed by atoms with Gasteiger partial charge in [0.2, 0.25) is 10.0 Å². The number of anilines is 1. The number of rotatable bonds is 6. The van der Waals surface area contributed by atoms with E-state index in [0.717, 1.165) is 16.4 Å². The van der Waals surface area contributed by atoms with Gasteiger partial charge >= 0.3 is 0 Å². The molecular formula is C21H22ClN3O4S2. The van der Waals surface area contributed by atoms with Crippen LogP contribution in [0.2, 0.25) is 5.02 Å². The number of nitrogens with zero attached hydrogens (tertiary/aromatic N) is 3. The number of methoxy groups -OCH3 is 2. The van der Waals surface area contributed by atoms with Crippen LogP contribution in [0.15, 0.2) is 52.7 Å². The highest BCUT2D eigenvalue weighted by Gasteiger charge is 2.29. The maximum Gasteiger partial charge on any atom is 0.243 e. The van der Waals surface area contributed by atoms with E-state index in [2.05, 4.69) is 4.90 Å². The fraction of sp³-hybridized carbons (Fsp3) is 0.286. The van der Waals surface area contributed by atoms with Crippen molar-refractivity contribution in [3.8, 4) is 22.8 Å². The van der Waals surface area contributed by atoms with Crippen molar-refractivity contribution in [3.63, 3.8) is 0 Å². The first-order valence-electron chi connectivity index (χ1n) is 9.61. The molecule has 164 valence electrons. The van der Waals surface area contributed by atoms with Gasteiger partial charge in [0, 0.05) is 42.1 Å². The molecule has 31 heavy (non-hydrogen) atoms. The standard InChI is InChI=1S/C21H22ClN3O4S2/c1-28-19-8-3-15(13-20(19)29-2)18-14-30-21(23-18)24-9-11-25(12-10-24)31(26,27)17-6-4-16(22)5-7-17/h3-8,13-14H,9-12H2,1-2H3. The van der Waals surface area contributed by atoms with Crippen LogP contribution >= 0.6 is 22.9 Å². The van der Waals surface area contributed by atoms with Crippen molar-refractivity contribution in [2.24, 2.45) is 0 Å². The summed E-state index contributed by atoms with van der Waals surface area (Å²) in [6.45, 7) is 1.95. The lowest BCUT2D eigenvalue weighted by molar-refractivity contribution is 0.355. The Hall–Kier alpha value is -2.33. The number of hydrogen-bond acceptors (Lipinski definition) is 7. The van der Waals surface area contributed by atoms with Crippen LogP contribution in [0.4, 0.5) is 5.13 Å². The molecule has 10 heteroatoms. The van der Waals surface area contributed by atoms with E-state index in [1.165, 1.54) is 4.31 Å². The van der Waals surface area contributed by atoms with E-state index in [4.69, 9.17) is 26.1 Å². The van der Waals surface area contributed by atoms with Crippen molar-refractivity contribution in [2.45, 2.75) is 4.90 Å². The number of halogens is 1. The SMILES string of the molecule is COc1ccc(-c2csc(N3CCN(S(=O)(=O)c4ccc(Cl)cc4)CC3)n2)cc1OC. The quantitative estimate of drug-likeness (QED) is 0.532. The van der Waals surface area contributed by atoms with E-state index < -0.39 is 10.0 Å². The molecule has 0 N–H and O–H groups in total. The molecule has 1 aliphatic heterocycles. The lowest BCUT2D eigenvalue weighted by Gasteiger charge is -2.33. The molecule has 0 amide bonds. The monoisotopic (exact) mass is 479 g/mol. The van der Waals surface area contributed by atoms with Gasteiger partial charge in [-0.25, -0.2) is 13.4 Å². The van der Waals surface area contributed by atoms with Crippen LogP contribution in [0.25, 0.3) is 11.3 Å². The van der Waals surface area contributed by atoms with Crippen molar-refractivity contribution in [3.05, 3.63) is 52.9 Å². The molecule has 1 saturated heterocycles. The van der Waals surface area contributed by atoms with Gasteiger partial charge in [-0.2, -0.15) is 4.31 Å². The highest BCUT2D eigenvalue weighted by Crippen LogP contribution is 2.34. The third-order valence-electron chi connectivity index (χ3n) is 5.13. The number of aromatic nitrogens is 1. The van der Waals surface area contributed by atoms with Crippen LogP contribution in [0, 0.1) is 0 Å². The van der Waals surface area contributed by atoms with Crippen molar-refractivity contribution in [1.82, 2.24) is 9.29 Å². The van der Waals surface area contributed by atoms with Crippen LogP contribution in [0.1, 0.15) is 0 Å². The van der Waals surface area contributed by atoms with Gasteiger partial charge in [0.15, 0.2) is 16.6 Å². The van der Waals surface area contributed by atoms with Crippen LogP contribution in [-0.4, -0.2) is 58.1 Å². The van der Waals surface area contributed by atoms with Gasteiger partial charge in [0.05, 0.1) is 24.8 Å². The van der Waals surface area contributed by atoms with E-state index in [0.29, 0.717) is 42.7 Å². The van der Waals surface area contributed by atoms with Gasteiger partial charge in [-0.15, -0.1) is 11.3 Å². The largest absolute Gasteiger partial charge is 0.493 e. The number of piperazine rings is 1. The molecule has 1 aliphatic rings. The van der Waals surface area contributed by atoms with Crippen LogP contribution in [-0.2, 0) is 10.0 Å². The lowest BCUT2D eigenvalue weighted by Crippen LogP contribution is -2.48. The summed E-state index contributed by atoms with van der Waals surface area (Å²) in [7, 11) is -0.326. The zero-order valence-corrected chi connectivity index (χ0v) is 19.5. The van der Waals surface area contributed by atoms with E-state index in [1.54, 1.807) is 49.8 Å². The summed E-state index contributed by atoms with van der Waals surface area (Å²) in [4.78, 5) is 7.13. The number of ether oxygens (including phenoxy) is 2. The number of sulfonamides is 1. The van der Waals surface area contributed by atoms with Crippen LogP contribution in [0.3, 0.4) is 0 Å². The van der Waals surface area contributed by atoms with Gasteiger partial charge < -0.3 is 14.4 Å². The Labute approximate surface area is 190 Å². The molecule has 0 saturated carbocycles. The molecule has 0 bridgehead atoms. The maximum absolute atomic E-state index is 12.9. The van der Waals surface area contributed by atoms with Crippen molar-refractivity contribution in [2.75, 3.05) is 45.3 Å². The lowest BCUT2D eigenvalue weighted by atomic mass is 10.1. The van der Waals surface area contributed by atoms with Crippen molar-refractivity contribution >= 4 is 38.1 Å². The third-order valence-corrected chi connectivity index (χ3v) is 8.20. The first-order valence-corrected chi connectivity index (χ1v) is 12.3. The summed E-state index contributed by atoms with van der Waals surface area (Å²) in [6, 6.07) is 12.0. The molecule has 0 unspecified atom stereocenters. The highest BCUT2D eigenvalue weighted by molar-refractivity contribution is 7.89. The minimum Gasteiger partial charge on any atom is -0.493 e. The molecule has 3 aromatic rings. The van der Waals surface area contributed by atoms with Gasteiger partial charge in [0.1, 0.15) is 0 Å². The summed E-state index contributed by atoms with van der Waals surface area (Å²) in [5.74, 6) is 1.32. The first-order chi connectivity index (χ1) is 14.9. The predicted octanol–water partition coefficient (Wildman–Crippen LogP) is 3.99. The average molecular weight is 480 g/mol. The number of thiazole rings is 1. The minimum atomic E-state index is -3.53. The molecular weight excluding hydrogens is 458 g/mol. The Morgan fingerprint density at radius 3 is 2.29 bits per heavy atom. The highest BCUT2D eigenvalue weighted by atomic mass is 35.5. The van der Waals surface area contributed by atoms with E-state index in [1.807, 2.05) is 23.6 Å². The summed E-state index contributed by atoms with van der Waals surface area (Å²) in [5, 5.41) is 3.37. The second-order valence-corrected chi connectivity index (χ2v) is 10.1. The molecule has 0 radical (unpaired) electrons. The third kappa shape index (κ3) is 4.50. The summed E-state index contributed by atoms with van der Waals surface area (Å²) in [6.07, 6.45) is 0. The fourth-order valence-corrected chi connectivity index (χ4v) is 5.85. The Kier molecular flexibility index (Phi) is 6.38. The summed E-state index contributed by atoms with van der Waals surface area (Å²) >= 11 is 7.42. The minimum absolute atomic E-state index is 0.260. The molecule has 0 aliphatic carbocycles. The molecule has 0 atom stereocenters. The van der Waals surface area contributed by atoms with E-state index in [9.17, 15) is 8.42 Å². The second kappa shape index (κ2) is 9.04. The number of benzene rings is 2. The van der Waals surface area contributed by atoms with E-state index in [-0.39, 0.29) is 4.90 Å². The summed E-state index contributed by atoms with van der Waals surface area (Å²) in [5.41, 5.74) is 1.78. The molecule has 4 rings (SSSR count). The molecule has 1 aromatic heterocycles. The molecule has 0 spiro atoms. The molecule has 2 aromatic carbocycles. The molecule has 1 fully saturated rings. The smallest absolute Gasteiger partial charge is 0.243 e. The van der Waals surface area contributed by atoms with Crippen LogP contribution < -0.4 is 14.4 Å². The Balaban J connectivity index is 1.45. The molecule has 7 nitrogen and oxygen atoms in total. The Morgan fingerprint density at radius 1 is 0.968 bits per heavy atom. The first kappa shape index (κ1) is 21.9. The van der Waals surface area contributed by atoms with Gasteiger partial charge in [0.25, 0.3) is 0 Å². The zero-order valence-electron chi connectivity index (χ0n) is 17.1. The van der Waals surface area contributed by atoms with Gasteiger partial charge in [-0.3, -0.25) is 0 Å². The normalized spacial score (nSPS) is 15.1. The second-order valence-electron chi connectivity index (χ2n) is 6.93. The van der Waals surface area contributed by atoms with Gasteiger partial charge in [-0.05, 0) is 42.5 Å². The Bertz CT molecular complexity index is 1160. The Morgan fingerprint density at radius 2 is 1.65 bits per heavy atom. The zero-order chi connectivity index (χ0) is 22.0. The topological polar surface area (TPSA) is 72.0 Å². The molecule has 2 heterocycles. The van der Waals surface area contributed by atoms with Crippen molar-refractivity contribution < 1.29 is 17.9 Å². The fourth-order valence-electron chi connectivity index (χ4n) is 3.41. The maximum atomic E-state index is 12.9. The van der Waals surface area contributed by atoms with Crippen LogP contribution in [0.5, 0.6) is 11.5 Å². The number of hydrogen-bond donors (Lipinski definition) is 0. The van der Waals surface area contributed by atoms with Crippen molar-refractivity contribution in [1.29, 1.82) is 0 Å². The van der Waals surface area contributed by atoms with E-state index >= 15 is 0 Å². The average Bonchev–Trinajstić information content (AvgIpc) is 3.29. The van der Waals surface area contributed by atoms with Gasteiger partial charge in [-0.1, -0.05) is 11.6 Å². The summed E-state index contributed by atoms with van der Waals surface area (Å²) < 4.78 is 37.9.